The lowest BCUT2D eigenvalue weighted by atomic mass is 10.00. The van der Waals surface area contributed by atoms with E-state index in [-0.39, 0.29) is 11.7 Å². The first kappa shape index (κ1) is 15.8. The fourth-order valence-electron chi connectivity index (χ4n) is 2.51. The number of nitrogens with one attached hydrogen (secondary N) is 2. The van der Waals surface area contributed by atoms with E-state index in [9.17, 15) is 13.2 Å². The molecule has 0 unspecified atom stereocenters. The van der Waals surface area contributed by atoms with Crippen LogP contribution in [-0.4, -0.2) is 20.9 Å². The standard InChI is InChI=1S/C16H15ClN2O3S/c17-15-4-2-1-3-12(15)10-23(21,22)19-13-6-5-11-7-8-18-16(20)14(11)9-13/h1-6,9,19H,7-8,10H2,(H,18,20). The van der Waals surface area contributed by atoms with Crippen molar-refractivity contribution in [2.45, 2.75) is 12.2 Å². The monoisotopic (exact) mass is 350 g/mol. The van der Waals surface area contributed by atoms with E-state index >= 15 is 0 Å². The van der Waals surface area contributed by atoms with Crippen LogP contribution in [0.2, 0.25) is 5.02 Å². The molecule has 0 saturated carbocycles. The van der Waals surface area contributed by atoms with Gasteiger partial charge in [0.2, 0.25) is 10.0 Å². The van der Waals surface area contributed by atoms with E-state index in [1.54, 1.807) is 42.5 Å². The van der Waals surface area contributed by atoms with Gasteiger partial charge in [-0.05, 0) is 35.7 Å². The molecule has 0 aliphatic carbocycles. The van der Waals surface area contributed by atoms with Crippen LogP contribution >= 0.6 is 11.6 Å². The molecule has 3 rings (SSSR count). The molecule has 1 amide bonds. The van der Waals surface area contributed by atoms with Gasteiger partial charge in [0, 0.05) is 22.8 Å². The topological polar surface area (TPSA) is 75.3 Å². The molecule has 2 N–H and O–H groups in total. The number of benzene rings is 2. The molecule has 120 valence electrons. The number of carbonyl (C=O) groups excluding carboxylic acids is 1. The maximum absolute atomic E-state index is 12.3. The average Bonchev–Trinajstić information content (AvgIpc) is 2.50. The number of hydrogen-bond donors (Lipinski definition) is 2. The van der Waals surface area contributed by atoms with Crippen molar-refractivity contribution in [2.24, 2.45) is 0 Å². The summed E-state index contributed by atoms with van der Waals surface area (Å²) in [6.45, 7) is 0.601. The Labute approximate surface area is 139 Å². The second-order valence-corrected chi connectivity index (χ2v) is 7.46. The Balaban J connectivity index is 1.82. The SMILES string of the molecule is O=C1NCCc2ccc(NS(=O)(=O)Cc3ccccc3Cl)cc21. The van der Waals surface area contributed by atoms with Gasteiger partial charge in [-0.25, -0.2) is 8.42 Å². The van der Waals surface area contributed by atoms with E-state index in [4.69, 9.17) is 11.6 Å². The third-order valence-electron chi connectivity index (χ3n) is 3.61. The fourth-order valence-corrected chi connectivity index (χ4v) is 4.01. The summed E-state index contributed by atoms with van der Waals surface area (Å²) in [7, 11) is -3.62. The second kappa shape index (κ2) is 6.22. The maximum Gasteiger partial charge on any atom is 0.251 e. The molecular formula is C16H15ClN2O3S. The molecular weight excluding hydrogens is 336 g/mol. The highest BCUT2D eigenvalue weighted by Crippen LogP contribution is 2.22. The summed E-state index contributed by atoms with van der Waals surface area (Å²) in [6, 6.07) is 11.8. The Morgan fingerprint density at radius 2 is 1.96 bits per heavy atom. The Bertz CT molecular complexity index is 865. The van der Waals surface area contributed by atoms with Gasteiger partial charge in [-0.2, -0.15) is 0 Å². The van der Waals surface area contributed by atoms with Crippen LogP contribution in [0.3, 0.4) is 0 Å². The normalized spacial score (nSPS) is 14.0. The molecule has 2 aromatic carbocycles. The van der Waals surface area contributed by atoms with Crippen molar-refractivity contribution in [3.63, 3.8) is 0 Å². The van der Waals surface area contributed by atoms with Crippen molar-refractivity contribution in [2.75, 3.05) is 11.3 Å². The first-order valence-corrected chi connectivity index (χ1v) is 9.13. The molecule has 0 bridgehead atoms. The zero-order valence-electron chi connectivity index (χ0n) is 12.2. The molecule has 5 nitrogen and oxygen atoms in total. The van der Waals surface area contributed by atoms with E-state index in [0.29, 0.717) is 28.4 Å². The van der Waals surface area contributed by atoms with Gasteiger partial charge in [0.1, 0.15) is 0 Å². The number of sulfonamides is 1. The summed E-state index contributed by atoms with van der Waals surface area (Å²) in [5, 5.41) is 3.15. The number of carbonyl (C=O) groups is 1. The predicted molar refractivity (Wildman–Crippen MR) is 90.2 cm³/mol. The number of anilines is 1. The van der Waals surface area contributed by atoms with Gasteiger partial charge in [-0.15, -0.1) is 0 Å². The van der Waals surface area contributed by atoms with Gasteiger partial charge >= 0.3 is 0 Å². The van der Waals surface area contributed by atoms with E-state index in [0.717, 1.165) is 12.0 Å². The Hall–Kier alpha value is -2.05. The zero-order chi connectivity index (χ0) is 16.4. The highest BCUT2D eigenvalue weighted by atomic mass is 35.5. The highest BCUT2D eigenvalue weighted by molar-refractivity contribution is 7.91. The first-order valence-electron chi connectivity index (χ1n) is 7.10. The Morgan fingerprint density at radius 1 is 1.17 bits per heavy atom. The van der Waals surface area contributed by atoms with Crippen LogP contribution in [-0.2, 0) is 22.2 Å². The molecule has 7 heteroatoms. The van der Waals surface area contributed by atoms with Crippen molar-refractivity contribution in [3.05, 3.63) is 64.2 Å². The minimum Gasteiger partial charge on any atom is -0.352 e. The molecule has 0 atom stereocenters. The lowest BCUT2D eigenvalue weighted by molar-refractivity contribution is 0.0946. The quantitative estimate of drug-likeness (QED) is 0.889. The van der Waals surface area contributed by atoms with Crippen molar-refractivity contribution in [3.8, 4) is 0 Å². The Morgan fingerprint density at radius 3 is 2.74 bits per heavy atom. The van der Waals surface area contributed by atoms with Gasteiger partial charge in [-0.3, -0.25) is 9.52 Å². The molecule has 1 heterocycles. The second-order valence-electron chi connectivity index (χ2n) is 5.33. The molecule has 1 aliphatic rings. The summed E-state index contributed by atoms with van der Waals surface area (Å²) in [4.78, 5) is 11.8. The maximum atomic E-state index is 12.3. The van der Waals surface area contributed by atoms with Crippen LogP contribution in [0.5, 0.6) is 0 Å². The van der Waals surface area contributed by atoms with Gasteiger partial charge in [0.05, 0.1) is 5.75 Å². The third-order valence-corrected chi connectivity index (χ3v) is 5.22. The van der Waals surface area contributed by atoms with Crippen LogP contribution in [0.15, 0.2) is 42.5 Å². The van der Waals surface area contributed by atoms with Crippen LogP contribution in [0.1, 0.15) is 21.5 Å². The van der Waals surface area contributed by atoms with Gasteiger partial charge in [0.15, 0.2) is 0 Å². The third kappa shape index (κ3) is 3.65. The van der Waals surface area contributed by atoms with Crippen molar-refractivity contribution < 1.29 is 13.2 Å². The smallest absolute Gasteiger partial charge is 0.251 e. The number of hydrogen-bond acceptors (Lipinski definition) is 3. The van der Waals surface area contributed by atoms with Crippen molar-refractivity contribution >= 4 is 33.2 Å². The van der Waals surface area contributed by atoms with E-state index in [1.807, 2.05) is 0 Å². The highest BCUT2D eigenvalue weighted by Gasteiger charge is 2.19. The molecule has 0 aromatic heterocycles. The van der Waals surface area contributed by atoms with E-state index in [1.165, 1.54) is 0 Å². The van der Waals surface area contributed by atoms with Gasteiger partial charge in [0.25, 0.3) is 5.91 Å². The molecule has 23 heavy (non-hydrogen) atoms. The van der Waals surface area contributed by atoms with Crippen molar-refractivity contribution in [1.82, 2.24) is 5.32 Å². The summed E-state index contributed by atoms with van der Waals surface area (Å²) in [5.74, 6) is -0.408. The van der Waals surface area contributed by atoms with E-state index in [2.05, 4.69) is 10.0 Å². The zero-order valence-corrected chi connectivity index (χ0v) is 13.7. The molecule has 0 spiro atoms. The van der Waals surface area contributed by atoms with Crippen LogP contribution in [0, 0.1) is 0 Å². The minimum atomic E-state index is -3.62. The first-order chi connectivity index (χ1) is 10.9. The number of amides is 1. The lowest BCUT2D eigenvalue weighted by Gasteiger charge is -2.17. The van der Waals surface area contributed by atoms with Gasteiger partial charge in [-0.1, -0.05) is 35.9 Å². The minimum absolute atomic E-state index is 0.182. The average molecular weight is 351 g/mol. The van der Waals surface area contributed by atoms with Crippen LogP contribution in [0.25, 0.3) is 0 Å². The molecule has 2 aromatic rings. The lowest BCUT2D eigenvalue weighted by Crippen LogP contribution is -2.31. The van der Waals surface area contributed by atoms with Gasteiger partial charge < -0.3 is 5.32 Å². The van der Waals surface area contributed by atoms with Crippen LogP contribution < -0.4 is 10.0 Å². The number of fused-ring (bicyclic) bond motifs is 1. The summed E-state index contributed by atoms with van der Waals surface area (Å²) >= 11 is 6.00. The molecule has 0 radical (unpaired) electrons. The fraction of sp³-hybridized carbons (Fsp3) is 0.188. The molecule has 1 aliphatic heterocycles. The van der Waals surface area contributed by atoms with Crippen molar-refractivity contribution in [1.29, 1.82) is 0 Å². The van der Waals surface area contributed by atoms with E-state index < -0.39 is 10.0 Å². The number of halogens is 1. The molecule has 0 fully saturated rings. The summed E-state index contributed by atoms with van der Waals surface area (Å²) in [6.07, 6.45) is 0.744. The number of rotatable bonds is 4. The summed E-state index contributed by atoms with van der Waals surface area (Å²) in [5.41, 5.74) is 2.32. The Kier molecular flexibility index (Phi) is 4.28. The van der Waals surface area contributed by atoms with Crippen LogP contribution in [0.4, 0.5) is 5.69 Å². The largest absolute Gasteiger partial charge is 0.352 e. The molecule has 0 saturated heterocycles. The predicted octanol–water partition coefficient (Wildman–Crippen LogP) is 2.57. The summed E-state index contributed by atoms with van der Waals surface area (Å²) < 4.78 is 27.1.